The molecule has 148 valence electrons. The number of primary amides is 1. The molecule has 0 aromatic carbocycles. The van der Waals surface area contributed by atoms with Gasteiger partial charge in [0, 0.05) is 25.2 Å². The molecule has 0 radical (unpaired) electrons. The second-order valence-electron chi connectivity index (χ2n) is 6.64. The number of carbonyl (C=O) groups excluding carboxylic acids is 3. The highest BCUT2D eigenvalue weighted by atomic mass is 35.5. The number of amides is 3. The molecule has 2 aromatic rings. The second-order valence-corrected chi connectivity index (χ2v) is 7.05. The maximum atomic E-state index is 12.5. The molecule has 9 nitrogen and oxygen atoms in total. The third-order valence-electron chi connectivity index (χ3n) is 4.96. The van der Waals surface area contributed by atoms with Crippen LogP contribution in [-0.2, 0) is 4.79 Å². The van der Waals surface area contributed by atoms with Crippen LogP contribution in [0.3, 0.4) is 0 Å². The van der Waals surface area contributed by atoms with Crippen molar-refractivity contribution in [2.45, 2.75) is 31.7 Å². The van der Waals surface area contributed by atoms with Crippen molar-refractivity contribution in [3.8, 4) is 0 Å². The Balaban J connectivity index is 1.68. The SMILES string of the molecule is CNC(=O)c1ncn(C2CCC(C(=O)Nc3cnccc3Cl)CC2)c1C(N)=O. The summed E-state index contributed by atoms with van der Waals surface area (Å²) in [6.07, 6.45) is 7.09. The molecule has 0 atom stereocenters. The average Bonchev–Trinajstić information content (AvgIpc) is 3.14. The van der Waals surface area contributed by atoms with Crippen LogP contribution < -0.4 is 16.4 Å². The molecular formula is C18H21ClN6O3. The number of halogens is 1. The molecule has 1 aliphatic rings. The Morgan fingerprint density at radius 2 is 1.96 bits per heavy atom. The van der Waals surface area contributed by atoms with Crippen molar-refractivity contribution < 1.29 is 14.4 Å². The number of pyridine rings is 1. The Labute approximate surface area is 166 Å². The number of imidazole rings is 1. The Kier molecular flexibility index (Phi) is 5.93. The van der Waals surface area contributed by atoms with Gasteiger partial charge in [0.2, 0.25) is 5.91 Å². The first-order chi connectivity index (χ1) is 13.4. The molecule has 3 amide bonds. The minimum absolute atomic E-state index is 0.0149. The first-order valence-corrected chi connectivity index (χ1v) is 9.29. The van der Waals surface area contributed by atoms with Crippen molar-refractivity contribution >= 4 is 35.0 Å². The van der Waals surface area contributed by atoms with Crippen LogP contribution in [0, 0.1) is 5.92 Å². The van der Waals surface area contributed by atoms with Gasteiger partial charge < -0.3 is 20.9 Å². The molecule has 0 spiro atoms. The average molecular weight is 405 g/mol. The van der Waals surface area contributed by atoms with E-state index in [-0.39, 0.29) is 29.3 Å². The largest absolute Gasteiger partial charge is 0.364 e. The molecule has 4 N–H and O–H groups in total. The van der Waals surface area contributed by atoms with Gasteiger partial charge in [-0.15, -0.1) is 0 Å². The van der Waals surface area contributed by atoms with Crippen LogP contribution in [0.1, 0.15) is 52.7 Å². The molecule has 2 heterocycles. The molecule has 2 aromatic heterocycles. The van der Waals surface area contributed by atoms with Gasteiger partial charge in [-0.1, -0.05) is 11.6 Å². The lowest BCUT2D eigenvalue weighted by atomic mass is 9.85. The number of nitrogens with zero attached hydrogens (tertiary/aromatic N) is 3. The highest BCUT2D eigenvalue weighted by Gasteiger charge is 2.31. The zero-order chi connectivity index (χ0) is 20.3. The summed E-state index contributed by atoms with van der Waals surface area (Å²) in [5.41, 5.74) is 6.06. The molecule has 1 fully saturated rings. The van der Waals surface area contributed by atoms with Crippen LogP contribution in [-0.4, -0.2) is 39.3 Å². The number of carbonyl (C=O) groups is 3. The van der Waals surface area contributed by atoms with Crippen molar-refractivity contribution in [3.05, 3.63) is 41.2 Å². The third-order valence-corrected chi connectivity index (χ3v) is 5.29. The number of hydrogen-bond acceptors (Lipinski definition) is 5. The summed E-state index contributed by atoms with van der Waals surface area (Å²) in [6, 6.07) is 1.56. The van der Waals surface area contributed by atoms with Crippen LogP contribution in [0.25, 0.3) is 0 Å². The van der Waals surface area contributed by atoms with Crippen LogP contribution in [0.15, 0.2) is 24.8 Å². The molecule has 1 saturated carbocycles. The number of aromatic nitrogens is 3. The summed E-state index contributed by atoms with van der Waals surface area (Å²) >= 11 is 6.06. The first-order valence-electron chi connectivity index (χ1n) is 8.91. The lowest BCUT2D eigenvalue weighted by molar-refractivity contribution is -0.121. The fourth-order valence-electron chi connectivity index (χ4n) is 3.49. The van der Waals surface area contributed by atoms with E-state index in [2.05, 4.69) is 20.6 Å². The molecule has 1 aliphatic carbocycles. The van der Waals surface area contributed by atoms with Gasteiger partial charge in [0.25, 0.3) is 11.8 Å². The van der Waals surface area contributed by atoms with Gasteiger partial charge in [-0.25, -0.2) is 4.98 Å². The lowest BCUT2D eigenvalue weighted by Crippen LogP contribution is -2.30. The Bertz CT molecular complexity index is 904. The minimum Gasteiger partial charge on any atom is -0.364 e. The van der Waals surface area contributed by atoms with E-state index in [1.165, 1.54) is 19.6 Å². The van der Waals surface area contributed by atoms with Gasteiger partial charge in [0.1, 0.15) is 5.69 Å². The predicted molar refractivity (Wildman–Crippen MR) is 103 cm³/mol. The van der Waals surface area contributed by atoms with E-state index in [0.717, 1.165) is 0 Å². The summed E-state index contributed by atoms with van der Waals surface area (Å²) in [5, 5.41) is 5.70. The Morgan fingerprint density at radius 3 is 2.57 bits per heavy atom. The van der Waals surface area contributed by atoms with Crippen LogP contribution in [0.5, 0.6) is 0 Å². The molecule has 0 unspecified atom stereocenters. The fraction of sp³-hybridized carbons (Fsp3) is 0.389. The summed E-state index contributed by atoms with van der Waals surface area (Å²) < 4.78 is 1.65. The van der Waals surface area contributed by atoms with E-state index in [1.807, 2.05) is 0 Å². The molecule has 0 saturated heterocycles. The van der Waals surface area contributed by atoms with E-state index in [4.69, 9.17) is 17.3 Å². The smallest absolute Gasteiger partial charge is 0.272 e. The summed E-state index contributed by atoms with van der Waals surface area (Å²) in [4.78, 5) is 44.3. The van der Waals surface area contributed by atoms with Crippen LogP contribution in [0.2, 0.25) is 5.02 Å². The molecular weight excluding hydrogens is 384 g/mol. The van der Waals surface area contributed by atoms with Gasteiger partial charge in [-0.2, -0.15) is 0 Å². The number of nitrogens with two attached hydrogens (primary N) is 1. The molecule has 0 bridgehead atoms. The normalized spacial score (nSPS) is 19.1. The van der Waals surface area contributed by atoms with Crippen LogP contribution >= 0.6 is 11.6 Å². The molecule has 10 heteroatoms. The number of rotatable bonds is 5. The molecule has 3 rings (SSSR count). The van der Waals surface area contributed by atoms with Gasteiger partial charge >= 0.3 is 0 Å². The van der Waals surface area contributed by atoms with E-state index in [0.29, 0.717) is 36.4 Å². The highest BCUT2D eigenvalue weighted by molar-refractivity contribution is 6.33. The van der Waals surface area contributed by atoms with Crippen molar-refractivity contribution in [1.29, 1.82) is 0 Å². The van der Waals surface area contributed by atoms with Gasteiger partial charge in [0.15, 0.2) is 5.69 Å². The lowest BCUT2D eigenvalue weighted by Gasteiger charge is -2.29. The number of anilines is 1. The minimum atomic E-state index is -0.706. The van der Waals surface area contributed by atoms with Gasteiger partial charge in [0.05, 0.1) is 23.2 Å². The molecule has 0 aliphatic heterocycles. The summed E-state index contributed by atoms with van der Waals surface area (Å²) in [5.74, 6) is -1.46. The summed E-state index contributed by atoms with van der Waals surface area (Å²) in [6.45, 7) is 0. The highest BCUT2D eigenvalue weighted by Crippen LogP contribution is 2.34. The zero-order valence-corrected chi connectivity index (χ0v) is 16.1. The van der Waals surface area contributed by atoms with Gasteiger partial charge in [-0.3, -0.25) is 19.4 Å². The summed E-state index contributed by atoms with van der Waals surface area (Å²) in [7, 11) is 1.46. The maximum absolute atomic E-state index is 12.5. The van der Waals surface area contributed by atoms with Crippen molar-refractivity contribution in [2.75, 3.05) is 12.4 Å². The first kappa shape index (κ1) is 19.8. The van der Waals surface area contributed by atoms with Crippen molar-refractivity contribution in [1.82, 2.24) is 19.9 Å². The van der Waals surface area contributed by atoms with Crippen molar-refractivity contribution in [3.63, 3.8) is 0 Å². The van der Waals surface area contributed by atoms with E-state index < -0.39 is 11.8 Å². The predicted octanol–water partition coefficient (Wildman–Crippen LogP) is 1.76. The van der Waals surface area contributed by atoms with Crippen LogP contribution in [0.4, 0.5) is 5.69 Å². The maximum Gasteiger partial charge on any atom is 0.272 e. The quantitative estimate of drug-likeness (QED) is 0.698. The van der Waals surface area contributed by atoms with E-state index >= 15 is 0 Å². The Hall–Kier alpha value is -2.94. The van der Waals surface area contributed by atoms with Gasteiger partial charge in [-0.05, 0) is 31.7 Å². The third kappa shape index (κ3) is 3.99. The van der Waals surface area contributed by atoms with Crippen molar-refractivity contribution in [2.24, 2.45) is 11.7 Å². The number of nitrogens with one attached hydrogen (secondary N) is 2. The topological polar surface area (TPSA) is 132 Å². The fourth-order valence-corrected chi connectivity index (χ4v) is 3.64. The standard InChI is InChI=1S/C18H21ClN6O3/c1-21-18(28)14-15(16(20)26)25(9-23-14)11-4-2-10(3-5-11)17(27)24-13-8-22-7-6-12(13)19/h6-11H,2-5H2,1H3,(H2,20,26)(H,21,28)(H,24,27). The number of hydrogen-bond donors (Lipinski definition) is 3. The molecule has 28 heavy (non-hydrogen) atoms. The van der Waals surface area contributed by atoms with E-state index in [9.17, 15) is 14.4 Å². The van der Waals surface area contributed by atoms with E-state index in [1.54, 1.807) is 16.8 Å². The Morgan fingerprint density at radius 1 is 1.25 bits per heavy atom. The monoisotopic (exact) mass is 404 g/mol. The zero-order valence-electron chi connectivity index (χ0n) is 15.3. The second kappa shape index (κ2) is 8.39.